The molecule has 1 N–H and O–H groups in total. The van der Waals surface area contributed by atoms with Crippen molar-refractivity contribution in [2.24, 2.45) is 0 Å². The van der Waals surface area contributed by atoms with Gasteiger partial charge in [0.25, 0.3) is 10.0 Å². The molecule has 0 saturated carbocycles. The second-order valence-corrected chi connectivity index (χ2v) is 14.4. The standard InChI is InChI=1S/C35H37Cl2N3O5S/c1-35(2,3)38-34(42)32(22-25-12-7-5-8-13-25)39(23-29-30(36)16-11-17-31(29)37)33(41)24-40(26-14-9-6-10-15-26)46(43,44)28-20-18-27(45-4)19-21-28/h5-21,32H,22-24H2,1-4H3,(H,38,42). The van der Waals surface area contributed by atoms with Gasteiger partial charge >= 0.3 is 0 Å². The van der Waals surface area contributed by atoms with E-state index in [1.807, 2.05) is 51.1 Å². The number of para-hydroxylation sites is 1. The van der Waals surface area contributed by atoms with E-state index in [9.17, 15) is 18.0 Å². The minimum absolute atomic E-state index is 0.0306. The Kier molecular flexibility index (Phi) is 11.4. The summed E-state index contributed by atoms with van der Waals surface area (Å²) in [7, 11) is -2.77. The molecule has 0 bridgehead atoms. The lowest BCUT2D eigenvalue weighted by molar-refractivity contribution is -0.140. The highest BCUT2D eigenvalue weighted by atomic mass is 35.5. The topological polar surface area (TPSA) is 96.0 Å². The largest absolute Gasteiger partial charge is 0.497 e. The number of amides is 2. The molecular formula is C35H37Cl2N3O5S. The van der Waals surface area contributed by atoms with Gasteiger partial charge in [0.1, 0.15) is 18.3 Å². The third-order valence-corrected chi connectivity index (χ3v) is 9.63. The van der Waals surface area contributed by atoms with Gasteiger partial charge in [0.2, 0.25) is 11.8 Å². The van der Waals surface area contributed by atoms with Crippen molar-refractivity contribution in [1.82, 2.24) is 10.2 Å². The molecule has 0 aliphatic carbocycles. The molecule has 242 valence electrons. The molecule has 0 aliphatic heterocycles. The monoisotopic (exact) mass is 681 g/mol. The molecule has 4 rings (SSSR count). The zero-order valence-electron chi connectivity index (χ0n) is 26.1. The highest BCUT2D eigenvalue weighted by Gasteiger charge is 2.36. The highest BCUT2D eigenvalue weighted by molar-refractivity contribution is 7.92. The summed E-state index contributed by atoms with van der Waals surface area (Å²) in [6.07, 6.45) is 0.160. The number of carbonyl (C=O) groups excluding carboxylic acids is 2. The molecule has 0 heterocycles. The Balaban J connectivity index is 1.83. The van der Waals surface area contributed by atoms with E-state index in [0.717, 1.165) is 9.87 Å². The zero-order chi connectivity index (χ0) is 33.5. The quantitative estimate of drug-likeness (QED) is 0.178. The summed E-state index contributed by atoms with van der Waals surface area (Å²) in [6, 6.07) is 27.5. The Bertz CT molecular complexity index is 1730. The molecule has 0 saturated heterocycles. The predicted molar refractivity (Wildman–Crippen MR) is 183 cm³/mol. The average Bonchev–Trinajstić information content (AvgIpc) is 3.02. The van der Waals surface area contributed by atoms with Crippen LogP contribution in [0.25, 0.3) is 0 Å². The number of carbonyl (C=O) groups is 2. The molecule has 11 heteroatoms. The third-order valence-electron chi connectivity index (χ3n) is 7.13. The van der Waals surface area contributed by atoms with E-state index < -0.39 is 40.0 Å². The van der Waals surface area contributed by atoms with Gasteiger partial charge in [0.05, 0.1) is 17.7 Å². The van der Waals surface area contributed by atoms with Crippen LogP contribution in [0.3, 0.4) is 0 Å². The van der Waals surface area contributed by atoms with Crippen LogP contribution in [0.4, 0.5) is 5.69 Å². The van der Waals surface area contributed by atoms with Gasteiger partial charge in [-0.25, -0.2) is 8.42 Å². The van der Waals surface area contributed by atoms with Gasteiger partial charge in [-0.15, -0.1) is 0 Å². The molecule has 1 unspecified atom stereocenters. The van der Waals surface area contributed by atoms with E-state index in [2.05, 4.69) is 5.32 Å². The molecule has 4 aromatic carbocycles. The first-order chi connectivity index (χ1) is 21.8. The molecule has 0 spiro atoms. The summed E-state index contributed by atoms with van der Waals surface area (Å²) in [6.45, 7) is 4.80. The number of hydrogen-bond acceptors (Lipinski definition) is 5. The van der Waals surface area contributed by atoms with E-state index in [1.165, 1.54) is 36.3 Å². The Morgan fingerprint density at radius 1 is 0.826 bits per heavy atom. The lowest BCUT2D eigenvalue weighted by Gasteiger charge is -2.35. The number of nitrogens with one attached hydrogen (secondary N) is 1. The Morgan fingerprint density at radius 3 is 1.93 bits per heavy atom. The van der Waals surface area contributed by atoms with Gasteiger partial charge < -0.3 is 15.0 Å². The molecule has 2 amide bonds. The molecule has 46 heavy (non-hydrogen) atoms. The van der Waals surface area contributed by atoms with Crippen LogP contribution in [0, 0.1) is 0 Å². The molecular weight excluding hydrogens is 645 g/mol. The lowest BCUT2D eigenvalue weighted by atomic mass is 10.0. The lowest BCUT2D eigenvalue weighted by Crippen LogP contribution is -2.56. The SMILES string of the molecule is COc1ccc(S(=O)(=O)N(CC(=O)N(Cc2c(Cl)cccc2Cl)C(Cc2ccccc2)C(=O)NC(C)(C)C)c2ccccc2)cc1. The Hall–Kier alpha value is -4.05. The maximum absolute atomic E-state index is 14.6. The number of methoxy groups -OCH3 is 1. The number of benzene rings is 4. The second kappa shape index (κ2) is 15.0. The summed E-state index contributed by atoms with van der Waals surface area (Å²) < 4.78 is 34.5. The smallest absolute Gasteiger partial charge is 0.264 e. The number of hydrogen-bond donors (Lipinski definition) is 1. The van der Waals surface area contributed by atoms with Crippen LogP contribution in [0.5, 0.6) is 5.75 Å². The normalized spacial score (nSPS) is 12.2. The van der Waals surface area contributed by atoms with Crippen LogP contribution in [0.15, 0.2) is 108 Å². The van der Waals surface area contributed by atoms with Crippen molar-refractivity contribution < 1.29 is 22.7 Å². The third kappa shape index (κ3) is 8.81. The second-order valence-electron chi connectivity index (χ2n) is 11.7. The van der Waals surface area contributed by atoms with Gasteiger partial charge in [-0.05, 0) is 74.9 Å². The number of anilines is 1. The Morgan fingerprint density at radius 2 is 1.39 bits per heavy atom. The zero-order valence-corrected chi connectivity index (χ0v) is 28.4. The van der Waals surface area contributed by atoms with E-state index in [1.54, 1.807) is 48.5 Å². The first kappa shape index (κ1) is 34.8. The van der Waals surface area contributed by atoms with Crippen molar-refractivity contribution in [2.45, 2.75) is 50.2 Å². The van der Waals surface area contributed by atoms with E-state index in [4.69, 9.17) is 27.9 Å². The van der Waals surface area contributed by atoms with Gasteiger partial charge in [0, 0.05) is 34.1 Å². The van der Waals surface area contributed by atoms with Crippen molar-refractivity contribution in [2.75, 3.05) is 18.0 Å². The summed E-state index contributed by atoms with van der Waals surface area (Å²) in [5.41, 5.74) is 0.910. The molecule has 0 radical (unpaired) electrons. The minimum Gasteiger partial charge on any atom is -0.497 e. The maximum Gasteiger partial charge on any atom is 0.264 e. The summed E-state index contributed by atoms with van der Waals surface area (Å²) in [5, 5.41) is 3.62. The predicted octanol–water partition coefficient (Wildman–Crippen LogP) is 6.75. The number of halogens is 2. The van der Waals surface area contributed by atoms with E-state index >= 15 is 0 Å². The first-order valence-electron chi connectivity index (χ1n) is 14.6. The van der Waals surface area contributed by atoms with Crippen molar-refractivity contribution in [3.8, 4) is 5.75 Å². The Labute approximate surface area is 280 Å². The summed E-state index contributed by atoms with van der Waals surface area (Å²) in [4.78, 5) is 29.9. The van der Waals surface area contributed by atoms with Crippen molar-refractivity contribution in [3.05, 3.63) is 124 Å². The van der Waals surface area contributed by atoms with Gasteiger partial charge in [0.15, 0.2) is 0 Å². The van der Waals surface area contributed by atoms with Crippen LogP contribution in [0.2, 0.25) is 10.0 Å². The van der Waals surface area contributed by atoms with Crippen LogP contribution < -0.4 is 14.4 Å². The van der Waals surface area contributed by atoms with E-state index in [0.29, 0.717) is 21.4 Å². The molecule has 8 nitrogen and oxygen atoms in total. The fraction of sp³-hybridized carbons (Fsp3) is 0.257. The van der Waals surface area contributed by atoms with Gasteiger partial charge in [-0.1, -0.05) is 77.8 Å². The number of ether oxygens (including phenoxy) is 1. The average molecular weight is 683 g/mol. The van der Waals surface area contributed by atoms with Gasteiger partial charge in [-0.3, -0.25) is 13.9 Å². The number of nitrogens with zero attached hydrogens (tertiary/aromatic N) is 2. The fourth-order valence-corrected chi connectivity index (χ4v) is 6.79. The molecule has 0 aromatic heterocycles. The molecule has 0 fully saturated rings. The number of sulfonamides is 1. The van der Waals surface area contributed by atoms with Gasteiger partial charge in [-0.2, -0.15) is 0 Å². The van der Waals surface area contributed by atoms with Crippen molar-refractivity contribution in [1.29, 1.82) is 0 Å². The van der Waals surface area contributed by atoms with Crippen molar-refractivity contribution >= 4 is 50.7 Å². The summed E-state index contributed by atoms with van der Waals surface area (Å²) in [5.74, 6) is -0.545. The highest BCUT2D eigenvalue weighted by Crippen LogP contribution is 2.29. The summed E-state index contributed by atoms with van der Waals surface area (Å²) >= 11 is 13.1. The van der Waals surface area contributed by atoms with E-state index in [-0.39, 0.29) is 23.5 Å². The molecule has 0 aliphatic rings. The van der Waals surface area contributed by atoms with Crippen LogP contribution in [-0.4, -0.2) is 50.4 Å². The van der Waals surface area contributed by atoms with Crippen molar-refractivity contribution in [3.63, 3.8) is 0 Å². The minimum atomic E-state index is -4.25. The number of rotatable bonds is 12. The van der Waals surface area contributed by atoms with Crippen LogP contribution >= 0.6 is 23.2 Å². The molecule has 1 atom stereocenters. The van der Waals surface area contributed by atoms with Crippen LogP contribution in [0.1, 0.15) is 31.9 Å². The fourth-order valence-electron chi connectivity index (χ4n) is 4.86. The van der Waals surface area contributed by atoms with Crippen LogP contribution in [-0.2, 0) is 32.6 Å². The first-order valence-corrected chi connectivity index (χ1v) is 16.8. The maximum atomic E-state index is 14.6. The molecule has 4 aromatic rings.